The Kier molecular flexibility index (Phi) is 6.06. The SMILES string of the molecule is C[C@H](OC(=O)c1cc(S(N)(=O)=O)ccc1F)C(=O)NCc1ccccc1. The van der Waals surface area contributed by atoms with Crippen LogP contribution in [0.15, 0.2) is 53.4 Å². The topological polar surface area (TPSA) is 116 Å². The second kappa shape index (κ2) is 8.07. The number of halogens is 1. The fourth-order valence-electron chi connectivity index (χ4n) is 2.04. The van der Waals surface area contributed by atoms with Gasteiger partial charge in [-0.2, -0.15) is 0 Å². The van der Waals surface area contributed by atoms with E-state index in [0.29, 0.717) is 0 Å². The van der Waals surface area contributed by atoms with Crippen molar-refractivity contribution in [3.63, 3.8) is 0 Å². The standard InChI is InChI=1S/C17H17FN2O5S/c1-11(16(21)20-10-12-5-3-2-4-6-12)25-17(22)14-9-13(26(19,23)24)7-8-15(14)18/h2-9,11H,10H2,1H3,(H,20,21)(H2,19,23,24)/t11-/m0/s1. The second-order valence-corrected chi connectivity index (χ2v) is 7.00. The molecule has 0 aromatic heterocycles. The zero-order chi connectivity index (χ0) is 19.3. The molecule has 7 nitrogen and oxygen atoms in total. The summed E-state index contributed by atoms with van der Waals surface area (Å²) in [5, 5.41) is 7.53. The maximum Gasteiger partial charge on any atom is 0.341 e. The highest BCUT2D eigenvalue weighted by Gasteiger charge is 2.22. The van der Waals surface area contributed by atoms with Gasteiger partial charge in [0.1, 0.15) is 5.82 Å². The molecule has 0 radical (unpaired) electrons. The number of nitrogens with one attached hydrogen (secondary N) is 1. The van der Waals surface area contributed by atoms with Crippen LogP contribution in [0.2, 0.25) is 0 Å². The minimum atomic E-state index is -4.11. The zero-order valence-corrected chi connectivity index (χ0v) is 14.6. The van der Waals surface area contributed by atoms with Gasteiger partial charge < -0.3 is 10.1 Å². The van der Waals surface area contributed by atoms with Gasteiger partial charge in [0, 0.05) is 6.54 Å². The molecule has 1 amide bonds. The summed E-state index contributed by atoms with van der Waals surface area (Å²) in [6, 6.07) is 11.6. The van der Waals surface area contributed by atoms with Gasteiger partial charge >= 0.3 is 5.97 Å². The van der Waals surface area contributed by atoms with Gasteiger partial charge in [-0.3, -0.25) is 4.79 Å². The van der Waals surface area contributed by atoms with Crippen LogP contribution in [0.25, 0.3) is 0 Å². The number of benzene rings is 2. The largest absolute Gasteiger partial charge is 0.449 e. The number of rotatable bonds is 6. The molecular weight excluding hydrogens is 363 g/mol. The van der Waals surface area contributed by atoms with E-state index in [4.69, 9.17) is 9.88 Å². The zero-order valence-electron chi connectivity index (χ0n) is 13.8. The number of nitrogens with two attached hydrogens (primary N) is 1. The average Bonchev–Trinajstić information content (AvgIpc) is 2.59. The molecule has 0 bridgehead atoms. The van der Waals surface area contributed by atoms with Crippen molar-refractivity contribution in [3.8, 4) is 0 Å². The van der Waals surface area contributed by atoms with Gasteiger partial charge in [0.2, 0.25) is 10.0 Å². The second-order valence-electron chi connectivity index (χ2n) is 5.44. The van der Waals surface area contributed by atoms with E-state index in [1.807, 2.05) is 30.3 Å². The Labute approximate surface area is 150 Å². The summed E-state index contributed by atoms with van der Waals surface area (Å²) in [7, 11) is -4.11. The molecule has 9 heteroatoms. The summed E-state index contributed by atoms with van der Waals surface area (Å²) < 4.78 is 41.3. The summed E-state index contributed by atoms with van der Waals surface area (Å²) in [5.74, 6) is -2.74. The van der Waals surface area contributed by atoms with Gasteiger partial charge in [-0.15, -0.1) is 0 Å². The van der Waals surface area contributed by atoms with Gasteiger partial charge in [-0.1, -0.05) is 30.3 Å². The van der Waals surface area contributed by atoms with Crippen molar-refractivity contribution >= 4 is 21.9 Å². The molecule has 0 unspecified atom stereocenters. The Morgan fingerprint density at radius 2 is 1.85 bits per heavy atom. The summed E-state index contributed by atoms with van der Waals surface area (Å²) >= 11 is 0. The number of ether oxygens (including phenoxy) is 1. The van der Waals surface area contributed by atoms with Crippen LogP contribution in [0.1, 0.15) is 22.8 Å². The molecule has 2 aromatic carbocycles. The maximum absolute atomic E-state index is 13.8. The van der Waals surface area contributed by atoms with Crippen LogP contribution in [0.5, 0.6) is 0 Å². The highest BCUT2D eigenvalue weighted by atomic mass is 32.2. The molecule has 26 heavy (non-hydrogen) atoms. The first-order chi connectivity index (χ1) is 12.2. The van der Waals surface area contributed by atoms with Gasteiger partial charge in [0.05, 0.1) is 10.5 Å². The first-order valence-electron chi connectivity index (χ1n) is 7.53. The first-order valence-corrected chi connectivity index (χ1v) is 9.08. The summed E-state index contributed by atoms with van der Waals surface area (Å²) in [6.45, 7) is 1.55. The van der Waals surface area contributed by atoms with Crippen molar-refractivity contribution < 1.29 is 27.1 Å². The van der Waals surface area contributed by atoms with Gasteiger partial charge in [-0.05, 0) is 30.7 Å². The van der Waals surface area contributed by atoms with Crippen LogP contribution in [0, 0.1) is 5.82 Å². The minimum absolute atomic E-state index is 0.233. The van der Waals surface area contributed by atoms with E-state index in [-0.39, 0.29) is 6.54 Å². The number of hydrogen-bond acceptors (Lipinski definition) is 5. The molecule has 138 valence electrons. The predicted octanol–water partition coefficient (Wildman–Crippen LogP) is 1.33. The Balaban J connectivity index is 2.03. The number of primary sulfonamides is 1. The lowest BCUT2D eigenvalue weighted by molar-refractivity contribution is -0.129. The Morgan fingerprint density at radius 1 is 1.19 bits per heavy atom. The summed E-state index contributed by atoms with van der Waals surface area (Å²) in [5.41, 5.74) is 0.227. The van der Waals surface area contributed by atoms with Crippen LogP contribution in [0.3, 0.4) is 0 Å². The number of esters is 1. The molecule has 0 aliphatic heterocycles. The summed E-state index contributed by atoms with van der Waals surface area (Å²) in [6.07, 6.45) is -1.20. The van der Waals surface area contributed by atoms with Gasteiger partial charge in [0.25, 0.3) is 5.91 Å². The van der Waals surface area contributed by atoms with Crippen molar-refractivity contribution in [2.45, 2.75) is 24.5 Å². The normalized spacial score (nSPS) is 12.3. The molecule has 2 rings (SSSR count). The van der Waals surface area contributed by atoms with Crippen LogP contribution < -0.4 is 10.5 Å². The van der Waals surface area contributed by atoms with E-state index in [2.05, 4.69) is 5.32 Å². The molecule has 0 aliphatic rings. The fraction of sp³-hybridized carbons (Fsp3) is 0.176. The molecular formula is C17H17FN2O5S. The van der Waals surface area contributed by atoms with Crippen molar-refractivity contribution in [3.05, 3.63) is 65.5 Å². The molecule has 0 fully saturated rings. The molecule has 0 aliphatic carbocycles. The van der Waals surface area contributed by atoms with Crippen LogP contribution in [0.4, 0.5) is 4.39 Å². The first kappa shape index (κ1) is 19.5. The predicted molar refractivity (Wildman–Crippen MR) is 90.9 cm³/mol. The monoisotopic (exact) mass is 380 g/mol. The lowest BCUT2D eigenvalue weighted by Crippen LogP contribution is -2.35. The van der Waals surface area contributed by atoms with Crippen molar-refractivity contribution in [2.75, 3.05) is 0 Å². The lowest BCUT2D eigenvalue weighted by atomic mass is 10.2. The number of sulfonamides is 1. The minimum Gasteiger partial charge on any atom is -0.449 e. The third-order valence-electron chi connectivity index (χ3n) is 3.45. The van der Waals surface area contributed by atoms with Crippen LogP contribution in [-0.4, -0.2) is 26.4 Å². The molecule has 0 saturated heterocycles. The van der Waals surface area contributed by atoms with Gasteiger partial charge in [0.15, 0.2) is 6.10 Å². The third-order valence-corrected chi connectivity index (χ3v) is 4.36. The number of carbonyl (C=O) groups excluding carboxylic acids is 2. The third kappa shape index (κ3) is 5.11. The molecule has 0 spiro atoms. The number of hydrogen-bond donors (Lipinski definition) is 2. The van der Waals surface area contributed by atoms with Crippen molar-refractivity contribution in [1.82, 2.24) is 5.32 Å². The van der Waals surface area contributed by atoms with Crippen LogP contribution >= 0.6 is 0 Å². The number of carbonyl (C=O) groups is 2. The average molecular weight is 380 g/mol. The maximum atomic E-state index is 13.8. The lowest BCUT2D eigenvalue weighted by Gasteiger charge is -2.14. The highest BCUT2D eigenvalue weighted by molar-refractivity contribution is 7.89. The molecule has 0 heterocycles. The molecule has 2 aromatic rings. The Bertz CT molecular complexity index is 916. The summed E-state index contributed by atoms with van der Waals surface area (Å²) in [4.78, 5) is 23.6. The van der Waals surface area contributed by atoms with E-state index in [1.165, 1.54) is 6.92 Å². The van der Waals surface area contributed by atoms with E-state index >= 15 is 0 Å². The van der Waals surface area contributed by atoms with E-state index in [0.717, 1.165) is 23.8 Å². The van der Waals surface area contributed by atoms with Crippen molar-refractivity contribution in [1.29, 1.82) is 0 Å². The van der Waals surface area contributed by atoms with E-state index in [1.54, 1.807) is 0 Å². The quantitative estimate of drug-likeness (QED) is 0.734. The Hall–Kier alpha value is -2.78. The van der Waals surface area contributed by atoms with E-state index < -0.39 is 44.3 Å². The van der Waals surface area contributed by atoms with Gasteiger partial charge in [-0.25, -0.2) is 22.7 Å². The van der Waals surface area contributed by atoms with Crippen LogP contribution in [-0.2, 0) is 26.1 Å². The highest BCUT2D eigenvalue weighted by Crippen LogP contribution is 2.16. The number of amides is 1. The van der Waals surface area contributed by atoms with E-state index in [9.17, 15) is 22.4 Å². The fourth-order valence-corrected chi connectivity index (χ4v) is 2.58. The van der Waals surface area contributed by atoms with Crippen molar-refractivity contribution in [2.24, 2.45) is 5.14 Å². The molecule has 0 saturated carbocycles. The molecule has 1 atom stereocenters. The Morgan fingerprint density at radius 3 is 2.46 bits per heavy atom. The smallest absolute Gasteiger partial charge is 0.341 e. The molecule has 3 N–H and O–H groups in total.